The average Bonchev–Trinajstić information content (AvgIpc) is 3.87. The van der Waals surface area contributed by atoms with Crippen LogP contribution < -0.4 is 10.6 Å². The lowest BCUT2D eigenvalue weighted by Crippen LogP contribution is -2.38. The number of aromatic nitrogens is 4. The van der Waals surface area contributed by atoms with Gasteiger partial charge in [-0.05, 0) is 79.7 Å². The van der Waals surface area contributed by atoms with Crippen molar-refractivity contribution in [2.24, 2.45) is 11.3 Å². The second-order valence-corrected chi connectivity index (χ2v) is 11.6. The van der Waals surface area contributed by atoms with E-state index in [0.29, 0.717) is 55.6 Å². The molecule has 2 aromatic heterocycles. The molecule has 2 aromatic carbocycles. The Hall–Kier alpha value is -3.70. The minimum Gasteiger partial charge on any atom is -0.383 e. The van der Waals surface area contributed by atoms with E-state index in [2.05, 4.69) is 32.0 Å². The van der Waals surface area contributed by atoms with Gasteiger partial charge in [-0.15, -0.1) is 5.10 Å². The molecule has 198 valence electrons. The number of nitrogens with one attached hydrogen (secondary N) is 2. The summed E-state index contributed by atoms with van der Waals surface area (Å²) in [6.07, 6.45) is 11.6. The highest BCUT2D eigenvalue weighted by atomic mass is 35.5. The maximum absolute atomic E-state index is 13.8. The van der Waals surface area contributed by atoms with Crippen LogP contribution in [0.4, 0.5) is 15.8 Å². The molecule has 2 N–H and O–H groups in total. The second-order valence-electron chi connectivity index (χ2n) is 11.2. The largest absolute Gasteiger partial charge is 0.383 e. The molecule has 7 nitrogen and oxygen atoms in total. The fourth-order valence-electron chi connectivity index (χ4n) is 5.88. The summed E-state index contributed by atoms with van der Waals surface area (Å²) in [7, 11) is 0. The summed E-state index contributed by atoms with van der Waals surface area (Å²) < 4.78 is 25.2. The molecule has 1 atom stereocenters. The van der Waals surface area contributed by atoms with E-state index in [1.807, 2.05) is 6.07 Å². The maximum Gasteiger partial charge on any atom is 0.123 e. The summed E-state index contributed by atoms with van der Waals surface area (Å²) in [4.78, 5) is 4.50. The van der Waals surface area contributed by atoms with Gasteiger partial charge >= 0.3 is 0 Å². The molecule has 3 saturated carbocycles. The first-order valence-corrected chi connectivity index (χ1v) is 14.0. The van der Waals surface area contributed by atoms with E-state index in [0.717, 1.165) is 25.3 Å². The zero-order chi connectivity index (χ0) is 27.5. The van der Waals surface area contributed by atoms with Crippen molar-refractivity contribution in [1.29, 1.82) is 5.26 Å². The van der Waals surface area contributed by atoms with Gasteiger partial charge in [0.15, 0.2) is 0 Å². The smallest absolute Gasteiger partial charge is 0.123 e. The molecular weight excluding hydrogens is 513 g/mol. The normalized spacial score (nSPS) is 20.0. The van der Waals surface area contributed by atoms with Gasteiger partial charge in [-0.25, -0.2) is 9.07 Å². The number of hydrogen-bond donors (Lipinski definition) is 2. The van der Waals surface area contributed by atoms with Gasteiger partial charge in [-0.2, -0.15) is 5.26 Å². The molecule has 0 amide bonds. The van der Waals surface area contributed by atoms with Crippen molar-refractivity contribution >= 4 is 33.9 Å². The van der Waals surface area contributed by atoms with Crippen molar-refractivity contribution < 1.29 is 5.76 Å². The molecule has 3 aliphatic rings. The third-order valence-corrected chi connectivity index (χ3v) is 8.83. The summed E-state index contributed by atoms with van der Waals surface area (Å²) in [6.45, 7) is 0.809. The summed E-state index contributed by atoms with van der Waals surface area (Å²) in [5.74, 6) is 0.375. The van der Waals surface area contributed by atoms with E-state index >= 15 is 0 Å². The lowest BCUT2D eigenvalue weighted by molar-refractivity contribution is 0.118. The van der Waals surface area contributed by atoms with E-state index in [1.54, 1.807) is 35.3 Å². The van der Waals surface area contributed by atoms with E-state index < -0.39 is 6.02 Å². The van der Waals surface area contributed by atoms with Crippen LogP contribution in [0.2, 0.25) is 5.02 Å². The van der Waals surface area contributed by atoms with Gasteiger partial charge in [0.2, 0.25) is 0 Å². The second kappa shape index (κ2) is 9.49. The lowest BCUT2D eigenvalue weighted by atomic mass is 9.65. The van der Waals surface area contributed by atoms with Crippen molar-refractivity contribution in [3.8, 4) is 6.07 Å². The first-order valence-electron chi connectivity index (χ1n) is 14.1. The molecule has 3 aliphatic carbocycles. The molecule has 0 spiro atoms. The maximum atomic E-state index is 13.8. The van der Waals surface area contributed by atoms with E-state index in [4.69, 9.17) is 11.6 Å². The summed E-state index contributed by atoms with van der Waals surface area (Å²) in [6, 6.07) is 10.4. The molecule has 0 saturated heterocycles. The van der Waals surface area contributed by atoms with Crippen molar-refractivity contribution in [3.05, 3.63) is 76.5 Å². The van der Waals surface area contributed by atoms with Crippen LogP contribution in [0.3, 0.4) is 0 Å². The number of pyridine rings is 1. The first kappa shape index (κ1) is 23.2. The van der Waals surface area contributed by atoms with Gasteiger partial charge in [0, 0.05) is 23.8 Å². The fraction of sp³-hybridized carbons (Fsp3) is 0.400. The highest BCUT2D eigenvalue weighted by Gasteiger charge is 2.48. The zero-order valence-electron chi connectivity index (χ0n) is 22.4. The Morgan fingerprint density at radius 2 is 2.00 bits per heavy atom. The fourth-order valence-corrected chi connectivity index (χ4v) is 6.15. The summed E-state index contributed by atoms with van der Waals surface area (Å²) in [5, 5.41) is 26.6. The van der Waals surface area contributed by atoms with Gasteiger partial charge in [-0.1, -0.05) is 35.4 Å². The van der Waals surface area contributed by atoms with E-state index in [1.165, 1.54) is 44.2 Å². The minimum absolute atomic E-state index is 0.299. The molecule has 7 rings (SSSR count). The molecule has 0 unspecified atom stereocenters. The average molecular weight is 543 g/mol. The third-order valence-electron chi connectivity index (χ3n) is 8.54. The Kier molecular flexibility index (Phi) is 5.65. The SMILES string of the molecule is [2H][C@@](Nc1cc(Cl)c2ncc(C#N)c(NCC3(C4CC4)CCC3)c2c1)(c1ccc(F)cc1)c1cn(C2CC2)nn1. The molecule has 0 radical (unpaired) electrons. The van der Waals surface area contributed by atoms with Crippen molar-refractivity contribution in [3.63, 3.8) is 0 Å². The Balaban J connectivity index is 1.29. The van der Waals surface area contributed by atoms with Crippen LogP contribution in [0.1, 0.15) is 75.2 Å². The Morgan fingerprint density at radius 3 is 2.67 bits per heavy atom. The predicted octanol–water partition coefficient (Wildman–Crippen LogP) is 7.02. The number of nitrogens with zero attached hydrogens (tertiary/aromatic N) is 5. The van der Waals surface area contributed by atoms with Gasteiger partial charge < -0.3 is 10.6 Å². The van der Waals surface area contributed by atoms with Gasteiger partial charge in [-0.3, -0.25) is 4.98 Å². The molecule has 0 bridgehead atoms. The number of rotatable bonds is 9. The Bertz CT molecular complexity index is 1640. The number of halogens is 2. The highest BCUT2D eigenvalue weighted by Crippen LogP contribution is 2.57. The standard InChI is InChI=1S/C30H29ClFN7/c31-25-13-22(36-28(18-2-6-21(32)7-3-18)26-16-39(38-37-26)23-8-9-23)12-24-27(19(14-33)15-34-29(24)25)35-17-30(10-1-11-30)20-4-5-20/h2-3,6-7,12-13,15-16,20,23,28,36H,1,4-5,8-11,17H2,(H,34,35)/t28-/m1/s1/i28D. The Labute approximate surface area is 232 Å². The van der Waals surface area contributed by atoms with Crippen LogP contribution in [-0.2, 0) is 0 Å². The number of benzene rings is 2. The van der Waals surface area contributed by atoms with Crippen LogP contribution in [0.15, 0.2) is 48.8 Å². The van der Waals surface area contributed by atoms with Crippen LogP contribution in [0, 0.1) is 28.5 Å². The van der Waals surface area contributed by atoms with Gasteiger partial charge in [0.25, 0.3) is 0 Å². The van der Waals surface area contributed by atoms with E-state index in [9.17, 15) is 11.0 Å². The minimum atomic E-state index is -1.58. The monoisotopic (exact) mass is 542 g/mol. The Morgan fingerprint density at radius 1 is 1.21 bits per heavy atom. The zero-order valence-corrected chi connectivity index (χ0v) is 22.2. The third kappa shape index (κ3) is 4.59. The molecule has 39 heavy (non-hydrogen) atoms. The number of fused-ring (bicyclic) bond motifs is 1. The molecule has 9 heteroatoms. The number of anilines is 2. The van der Waals surface area contributed by atoms with Gasteiger partial charge in [0.05, 0.1) is 41.4 Å². The van der Waals surface area contributed by atoms with Crippen LogP contribution in [-0.4, -0.2) is 26.5 Å². The topological polar surface area (TPSA) is 91.5 Å². The molecule has 4 aromatic rings. The number of hydrogen-bond acceptors (Lipinski definition) is 6. The van der Waals surface area contributed by atoms with Crippen molar-refractivity contribution in [1.82, 2.24) is 20.0 Å². The number of nitriles is 1. The molecule has 2 heterocycles. The summed E-state index contributed by atoms with van der Waals surface area (Å²) >= 11 is 6.76. The summed E-state index contributed by atoms with van der Waals surface area (Å²) in [5.41, 5.74) is 3.50. The van der Waals surface area contributed by atoms with Crippen molar-refractivity contribution in [2.45, 2.75) is 57.0 Å². The molecular formula is C30H29ClFN7. The molecule has 0 aliphatic heterocycles. The van der Waals surface area contributed by atoms with E-state index in [-0.39, 0.29) is 5.82 Å². The molecule has 3 fully saturated rings. The predicted molar refractivity (Wildman–Crippen MR) is 149 cm³/mol. The van der Waals surface area contributed by atoms with Crippen LogP contribution in [0.25, 0.3) is 10.9 Å². The van der Waals surface area contributed by atoms with Crippen LogP contribution in [0.5, 0.6) is 0 Å². The highest BCUT2D eigenvalue weighted by molar-refractivity contribution is 6.35. The quantitative estimate of drug-likeness (QED) is 0.236. The van der Waals surface area contributed by atoms with Crippen molar-refractivity contribution in [2.75, 3.05) is 17.2 Å². The van der Waals surface area contributed by atoms with Crippen LogP contribution >= 0.6 is 11.6 Å². The van der Waals surface area contributed by atoms with Gasteiger partial charge in [0.1, 0.15) is 17.6 Å². The first-order chi connectivity index (χ1) is 19.4. The lowest BCUT2D eigenvalue weighted by Gasteiger charge is -2.43.